The molecule has 1 fully saturated rings. The fourth-order valence-electron chi connectivity index (χ4n) is 3.00. The van der Waals surface area contributed by atoms with Gasteiger partial charge < -0.3 is 20.5 Å². The van der Waals surface area contributed by atoms with Crippen LogP contribution in [0.4, 0.5) is 13.2 Å². The minimum Gasteiger partial charge on any atom is -0.388 e. The molecule has 152 valence electrons. The highest BCUT2D eigenvalue weighted by Gasteiger charge is 2.31. The molecule has 0 atom stereocenters. The van der Waals surface area contributed by atoms with E-state index in [1.165, 1.54) is 0 Å². The second-order valence-corrected chi connectivity index (χ2v) is 6.90. The van der Waals surface area contributed by atoms with E-state index in [1.807, 2.05) is 19.1 Å². The predicted molar refractivity (Wildman–Crippen MR) is 98.4 cm³/mol. The largest absolute Gasteiger partial charge is 0.411 e. The van der Waals surface area contributed by atoms with Crippen molar-refractivity contribution in [2.24, 2.45) is 4.99 Å². The van der Waals surface area contributed by atoms with Gasteiger partial charge in [-0.2, -0.15) is 13.2 Å². The van der Waals surface area contributed by atoms with Crippen molar-refractivity contribution in [1.82, 2.24) is 10.6 Å². The van der Waals surface area contributed by atoms with Gasteiger partial charge in [-0.3, -0.25) is 0 Å². The van der Waals surface area contributed by atoms with Crippen LogP contribution in [0.5, 0.6) is 0 Å². The van der Waals surface area contributed by atoms with Crippen molar-refractivity contribution in [3.05, 3.63) is 35.4 Å². The van der Waals surface area contributed by atoms with Crippen molar-refractivity contribution in [2.45, 2.75) is 57.5 Å². The molecule has 1 saturated carbocycles. The third kappa shape index (κ3) is 8.17. The van der Waals surface area contributed by atoms with Gasteiger partial charge in [0.1, 0.15) is 6.61 Å². The van der Waals surface area contributed by atoms with Gasteiger partial charge in [-0.25, -0.2) is 4.99 Å². The van der Waals surface area contributed by atoms with Crippen molar-refractivity contribution in [3.63, 3.8) is 0 Å². The summed E-state index contributed by atoms with van der Waals surface area (Å²) in [6.45, 7) is 2.25. The number of ether oxygens (including phenoxy) is 1. The Morgan fingerprint density at radius 3 is 2.37 bits per heavy atom. The van der Waals surface area contributed by atoms with E-state index in [1.54, 1.807) is 12.1 Å². The third-order valence-electron chi connectivity index (χ3n) is 4.44. The summed E-state index contributed by atoms with van der Waals surface area (Å²) in [6.07, 6.45) is -0.611. The molecule has 27 heavy (non-hydrogen) atoms. The second kappa shape index (κ2) is 9.94. The van der Waals surface area contributed by atoms with E-state index in [9.17, 15) is 18.3 Å². The summed E-state index contributed by atoms with van der Waals surface area (Å²) in [7, 11) is 0. The molecule has 1 aliphatic rings. The minimum atomic E-state index is -4.31. The molecule has 3 N–H and O–H groups in total. The average Bonchev–Trinajstić information content (AvgIpc) is 3.04. The summed E-state index contributed by atoms with van der Waals surface area (Å²) in [5.41, 5.74) is 0.959. The number of hydrogen-bond acceptors (Lipinski definition) is 3. The number of nitrogens with one attached hydrogen (secondary N) is 2. The zero-order valence-corrected chi connectivity index (χ0v) is 15.6. The van der Waals surface area contributed by atoms with Gasteiger partial charge in [0.05, 0.1) is 18.8 Å². The summed E-state index contributed by atoms with van der Waals surface area (Å²) in [6, 6.07) is 7.12. The van der Waals surface area contributed by atoms with Crippen LogP contribution in [0, 0.1) is 0 Å². The molecule has 1 aliphatic carbocycles. The molecule has 0 unspecified atom stereocenters. The summed E-state index contributed by atoms with van der Waals surface area (Å²) in [5.74, 6) is 0.635. The number of rotatable bonds is 8. The lowest BCUT2D eigenvalue weighted by Gasteiger charge is -2.23. The first-order valence-corrected chi connectivity index (χ1v) is 9.26. The first-order chi connectivity index (χ1) is 12.8. The van der Waals surface area contributed by atoms with E-state index in [0.717, 1.165) is 31.2 Å². The number of hydrogen-bond donors (Lipinski definition) is 3. The number of nitrogens with zero attached hydrogens (tertiary/aromatic N) is 1. The number of guanidine groups is 1. The van der Waals surface area contributed by atoms with Crippen LogP contribution < -0.4 is 10.6 Å². The molecule has 0 heterocycles. The Balaban J connectivity index is 1.83. The monoisotopic (exact) mass is 387 g/mol. The molecule has 0 aliphatic heterocycles. The Morgan fingerprint density at radius 1 is 1.15 bits per heavy atom. The fourth-order valence-corrected chi connectivity index (χ4v) is 3.00. The molecule has 5 nitrogen and oxygen atoms in total. The summed E-state index contributed by atoms with van der Waals surface area (Å²) in [5, 5.41) is 16.8. The lowest BCUT2D eigenvalue weighted by Crippen LogP contribution is -2.46. The van der Waals surface area contributed by atoms with Crippen LogP contribution in [0.3, 0.4) is 0 Å². The maximum atomic E-state index is 12.1. The van der Waals surface area contributed by atoms with Gasteiger partial charge in [0, 0.05) is 13.1 Å². The minimum absolute atomic E-state index is 0.0775. The summed E-state index contributed by atoms with van der Waals surface area (Å²) < 4.78 is 40.9. The van der Waals surface area contributed by atoms with Crippen LogP contribution in [0.25, 0.3) is 0 Å². The van der Waals surface area contributed by atoms with E-state index in [2.05, 4.69) is 20.4 Å². The average molecular weight is 387 g/mol. The number of aliphatic hydroxyl groups is 1. The molecule has 0 spiro atoms. The first-order valence-electron chi connectivity index (χ1n) is 9.26. The molecule has 0 radical (unpaired) electrons. The maximum absolute atomic E-state index is 12.1. The Morgan fingerprint density at radius 2 is 1.78 bits per heavy atom. The van der Waals surface area contributed by atoms with Gasteiger partial charge in [-0.05, 0) is 30.9 Å². The fraction of sp³-hybridized carbons (Fsp3) is 0.632. The van der Waals surface area contributed by atoms with Gasteiger partial charge in [0.2, 0.25) is 0 Å². The maximum Gasteiger partial charge on any atom is 0.411 e. The Labute approximate surface area is 158 Å². The lowest BCUT2D eigenvalue weighted by molar-refractivity contribution is -0.176. The highest BCUT2D eigenvalue weighted by Crippen LogP contribution is 2.28. The molecule has 0 amide bonds. The molecule has 1 aromatic rings. The SMILES string of the molecule is CCNC(=NCc1ccc(COCC(F)(F)F)cc1)NCC1(O)CCCC1. The third-order valence-corrected chi connectivity index (χ3v) is 4.44. The van der Waals surface area contributed by atoms with Gasteiger partial charge in [-0.15, -0.1) is 0 Å². The van der Waals surface area contributed by atoms with Gasteiger partial charge in [-0.1, -0.05) is 37.1 Å². The van der Waals surface area contributed by atoms with Gasteiger partial charge in [0.15, 0.2) is 5.96 Å². The molecule has 0 saturated heterocycles. The highest BCUT2D eigenvalue weighted by atomic mass is 19.4. The summed E-state index contributed by atoms with van der Waals surface area (Å²) >= 11 is 0. The van der Waals surface area contributed by atoms with Crippen LogP contribution in [0.2, 0.25) is 0 Å². The molecule has 0 aromatic heterocycles. The topological polar surface area (TPSA) is 65.9 Å². The quantitative estimate of drug-likeness (QED) is 0.474. The zero-order valence-electron chi connectivity index (χ0n) is 15.6. The normalized spacial score (nSPS) is 17.1. The van der Waals surface area contributed by atoms with Crippen LogP contribution in [0.15, 0.2) is 29.3 Å². The molecule has 0 bridgehead atoms. The van der Waals surface area contributed by atoms with Gasteiger partial charge in [0.25, 0.3) is 0 Å². The molecule has 2 rings (SSSR count). The van der Waals surface area contributed by atoms with E-state index in [-0.39, 0.29) is 6.61 Å². The highest BCUT2D eigenvalue weighted by molar-refractivity contribution is 5.79. The number of halogens is 3. The van der Waals surface area contributed by atoms with E-state index < -0.39 is 18.4 Å². The number of aliphatic imine (C=N–C) groups is 1. The molecule has 8 heteroatoms. The van der Waals surface area contributed by atoms with Crippen molar-refractivity contribution < 1.29 is 23.0 Å². The van der Waals surface area contributed by atoms with Crippen molar-refractivity contribution in [2.75, 3.05) is 19.7 Å². The Bertz CT molecular complexity index is 597. The smallest absolute Gasteiger partial charge is 0.388 e. The lowest BCUT2D eigenvalue weighted by atomic mass is 10.0. The number of alkyl halides is 3. The van der Waals surface area contributed by atoms with Crippen LogP contribution in [0.1, 0.15) is 43.7 Å². The molecular formula is C19H28F3N3O2. The molecular weight excluding hydrogens is 359 g/mol. The second-order valence-electron chi connectivity index (χ2n) is 6.90. The number of benzene rings is 1. The van der Waals surface area contributed by atoms with E-state index in [4.69, 9.17) is 0 Å². The molecule has 1 aromatic carbocycles. The van der Waals surface area contributed by atoms with E-state index in [0.29, 0.717) is 31.2 Å². The van der Waals surface area contributed by atoms with Crippen LogP contribution in [-0.4, -0.2) is 42.5 Å². The Kier molecular flexibility index (Phi) is 7.91. The van der Waals surface area contributed by atoms with Gasteiger partial charge >= 0.3 is 6.18 Å². The zero-order chi connectivity index (χ0) is 19.8. The van der Waals surface area contributed by atoms with Crippen LogP contribution >= 0.6 is 0 Å². The van der Waals surface area contributed by atoms with Crippen molar-refractivity contribution in [1.29, 1.82) is 0 Å². The van der Waals surface area contributed by atoms with E-state index >= 15 is 0 Å². The first kappa shape index (κ1) is 21.5. The van der Waals surface area contributed by atoms with Crippen LogP contribution in [-0.2, 0) is 17.9 Å². The van der Waals surface area contributed by atoms with Crippen molar-refractivity contribution in [3.8, 4) is 0 Å². The Hall–Kier alpha value is -1.80. The summed E-state index contributed by atoms with van der Waals surface area (Å²) in [4.78, 5) is 4.50. The predicted octanol–water partition coefficient (Wildman–Crippen LogP) is 3.13. The van der Waals surface area contributed by atoms with Crippen molar-refractivity contribution >= 4 is 5.96 Å². The standard InChI is InChI=1S/C19H28F3N3O2/c1-2-23-17(25-13-18(26)9-3-4-10-18)24-11-15-5-7-16(8-6-15)12-27-14-19(20,21)22/h5-8,26H,2-4,9-14H2,1H3,(H2,23,24,25).